The predicted molar refractivity (Wildman–Crippen MR) is 118 cm³/mol. The average Bonchev–Trinajstić information content (AvgIpc) is 3.44. The molecule has 1 aromatic heterocycles. The van der Waals surface area contributed by atoms with Gasteiger partial charge in [-0.3, -0.25) is 4.79 Å². The van der Waals surface area contributed by atoms with Crippen molar-refractivity contribution in [2.24, 2.45) is 0 Å². The van der Waals surface area contributed by atoms with Gasteiger partial charge in [-0.2, -0.15) is 0 Å². The Labute approximate surface area is 184 Å². The highest BCUT2D eigenvalue weighted by Crippen LogP contribution is 2.35. The molecule has 5 rings (SSSR count). The lowest BCUT2D eigenvalue weighted by atomic mass is 10.0. The molecule has 1 fully saturated rings. The quantitative estimate of drug-likeness (QED) is 0.385. The minimum Gasteiger partial charge on any atom is -0.438 e. The van der Waals surface area contributed by atoms with Gasteiger partial charge in [-0.05, 0) is 54.7 Å². The molecule has 0 bridgehead atoms. The van der Waals surface area contributed by atoms with Crippen molar-refractivity contribution in [2.75, 3.05) is 6.54 Å². The summed E-state index contributed by atoms with van der Waals surface area (Å²) in [7, 11) is 0. The fourth-order valence-corrected chi connectivity index (χ4v) is 4.34. The number of carbonyl (C=O) groups excluding carboxylic acids is 1. The number of fused-ring (bicyclic) bond motifs is 1. The number of benzene rings is 3. The SMILES string of the molecule is O=C(CCc1ccccc1)N1CCC[C@H]1c1nc2cc(-c3ccc(F)cc3F)ccc2o1. The number of aromatic nitrogens is 1. The van der Waals surface area contributed by atoms with E-state index in [-0.39, 0.29) is 11.9 Å². The van der Waals surface area contributed by atoms with Crippen LogP contribution in [-0.2, 0) is 11.2 Å². The Hall–Kier alpha value is -3.54. The molecule has 162 valence electrons. The van der Waals surface area contributed by atoms with Crippen LogP contribution in [0.15, 0.2) is 71.1 Å². The molecule has 32 heavy (non-hydrogen) atoms. The van der Waals surface area contributed by atoms with Crippen LogP contribution in [-0.4, -0.2) is 22.3 Å². The van der Waals surface area contributed by atoms with E-state index in [2.05, 4.69) is 4.98 Å². The van der Waals surface area contributed by atoms with Gasteiger partial charge in [0, 0.05) is 24.6 Å². The molecule has 1 aliphatic heterocycles. The Morgan fingerprint density at radius 2 is 1.91 bits per heavy atom. The van der Waals surface area contributed by atoms with Gasteiger partial charge >= 0.3 is 0 Å². The maximum absolute atomic E-state index is 14.2. The van der Waals surface area contributed by atoms with Crippen LogP contribution in [0.3, 0.4) is 0 Å². The zero-order valence-electron chi connectivity index (χ0n) is 17.4. The highest BCUT2D eigenvalue weighted by atomic mass is 19.1. The Bertz CT molecular complexity index is 1270. The molecule has 1 aliphatic rings. The normalized spacial score (nSPS) is 16.1. The summed E-state index contributed by atoms with van der Waals surface area (Å²) in [4.78, 5) is 19.4. The number of amides is 1. The molecule has 6 heteroatoms. The van der Waals surface area contributed by atoms with Gasteiger partial charge in [0.15, 0.2) is 5.58 Å². The topological polar surface area (TPSA) is 46.3 Å². The number of hydrogen-bond donors (Lipinski definition) is 0. The van der Waals surface area contributed by atoms with E-state index in [0.29, 0.717) is 47.5 Å². The van der Waals surface area contributed by atoms with Crippen molar-refractivity contribution in [3.8, 4) is 11.1 Å². The van der Waals surface area contributed by atoms with Gasteiger partial charge < -0.3 is 9.32 Å². The van der Waals surface area contributed by atoms with Gasteiger partial charge in [0.2, 0.25) is 11.8 Å². The molecule has 0 radical (unpaired) electrons. The second-order valence-electron chi connectivity index (χ2n) is 8.09. The second kappa shape index (κ2) is 8.54. The monoisotopic (exact) mass is 432 g/mol. The van der Waals surface area contributed by atoms with Crippen molar-refractivity contribution in [1.29, 1.82) is 0 Å². The van der Waals surface area contributed by atoms with Gasteiger partial charge in [0.1, 0.15) is 23.2 Å². The standard InChI is InChI=1S/C26H22F2N2O2/c27-19-10-11-20(21(28)16-19)18-9-12-24-22(15-18)29-26(32-24)23-7-4-14-30(23)25(31)13-8-17-5-2-1-3-6-17/h1-3,5-6,9-12,15-16,23H,4,7-8,13-14H2/t23-/m0/s1. The van der Waals surface area contributed by atoms with E-state index in [1.807, 2.05) is 35.2 Å². The number of likely N-dealkylation sites (tertiary alicyclic amines) is 1. The first-order chi connectivity index (χ1) is 15.6. The number of carbonyl (C=O) groups is 1. The van der Waals surface area contributed by atoms with Crippen molar-refractivity contribution < 1.29 is 18.0 Å². The van der Waals surface area contributed by atoms with Gasteiger partial charge in [-0.1, -0.05) is 36.4 Å². The first-order valence-corrected chi connectivity index (χ1v) is 10.8. The lowest BCUT2D eigenvalue weighted by Gasteiger charge is -2.22. The molecule has 1 atom stereocenters. The van der Waals surface area contributed by atoms with Crippen molar-refractivity contribution in [3.63, 3.8) is 0 Å². The Morgan fingerprint density at radius 1 is 1.06 bits per heavy atom. The third-order valence-electron chi connectivity index (χ3n) is 5.97. The lowest BCUT2D eigenvalue weighted by molar-refractivity contribution is -0.132. The first-order valence-electron chi connectivity index (χ1n) is 10.8. The van der Waals surface area contributed by atoms with Crippen LogP contribution in [0.5, 0.6) is 0 Å². The van der Waals surface area contributed by atoms with Crippen molar-refractivity contribution in [1.82, 2.24) is 9.88 Å². The van der Waals surface area contributed by atoms with Crippen LogP contribution in [0.25, 0.3) is 22.2 Å². The summed E-state index contributed by atoms with van der Waals surface area (Å²) in [5, 5.41) is 0. The zero-order valence-corrected chi connectivity index (χ0v) is 17.4. The predicted octanol–water partition coefficient (Wildman–Crippen LogP) is 6.07. The van der Waals surface area contributed by atoms with Gasteiger partial charge in [0.05, 0.1) is 0 Å². The third kappa shape index (κ3) is 4.00. The largest absolute Gasteiger partial charge is 0.438 e. The van der Waals surface area contributed by atoms with E-state index in [9.17, 15) is 13.6 Å². The van der Waals surface area contributed by atoms with E-state index in [4.69, 9.17) is 4.42 Å². The molecule has 3 aromatic carbocycles. The minimum absolute atomic E-state index is 0.0904. The molecule has 2 heterocycles. The van der Waals surface area contributed by atoms with Crippen LogP contribution >= 0.6 is 0 Å². The second-order valence-corrected chi connectivity index (χ2v) is 8.09. The summed E-state index contributed by atoms with van der Waals surface area (Å²) < 4.78 is 33.4. The third-order valence-corrected chi connectivity index (χ3v) is 5.97. The van der Waals surface area contributed by atoms with Gasteiger partial charge in [-0.25, -0.2) is 13.8 Å². The smallest absolute Gasteiger partial charge is 0.223 e. The summed E-state index contributed by atoms with van der Waals surface area (Å²) in [6.07, 6.45) is 2.83. The Morgan fingerprint density at radius 3 is 2.72 bits per heavy atom. The van der Waals surface area contributed by atoms with Gasteiger partial charge in [-0.15, -0.1) is 0 Å². The summed E-state index contributed by atoms with van der Waals surface area (Å²) >= 11 is 0. The molecule has 1 saturated heterocycles. The molecule has 0 aliphatic carbocycles. The van der Waals surface area contributed by atoms with Crippen LogP contribution in [0.2, 0.25) is 0 Å². The van der Waals surface area contributed by atoms with E-state index in [1.54, 1.807) is 18.2 Å². The summed E-state index contributed by atoms with van der Waals surface area (Å²) in [6, 6.07) is 18.5. The van der Waals surface area contributed by atoms with Crippen LogP contribution in [0.1, 0.15) is 36.8 Å². The molecule has 1 amide bonds. The molecule has 0 N–H and O–H groups in total. The molecule has 4 aromatic rings. The zero-order chi connectivity index (χ0) is 22.1. The highest BCUT2D eigenvalue weighted by molar-refractivity contribution is 5.81. The van der Waals surface area contributed by atoms with Gasteiger partial charge in [0.25, 0.3) is 0 Å². The van der Waals surface area contributed by atoms with E-state index >= 15 is 0 Å². The van der Waals surface area contributed by atoms with E-state index in [0.717, 1.165) is 24.5 Å². The lowest BCUT2D eigenvalue weighted by Crippen LogP contribution is -2.30. The van der Waals surface area contributed by atoms with Crippen LogP contribution in [0, 0.1) is 11.6 Å². The summed E-state index contributed by atoms with van der Waals surface area (Å²) in [5.41, 5.74) is 3.20. The van der Waals surface area contributed by atoms with Crippen LogP contribution in [0.4, 0.5) is 8.78 Å². The highest BCUT2D eigenvalue weighted by Gasteiger charge is 2.33. The number of nitrogens with zero attached hydrogens (tertiary/aromatic N) is 2. The molecule has 0 saturated carbocycles. The number of halogens is 2. The van der Waals surface area contributed by atoms with Crippen molar-refractivity contribution in [2.45, 2.75) is 31.7 Å². The van der Waals surface area contributed by atoms with Crippen LogP contribution < -0.4 is 0 Å². The fourth-order valence-electron chi connectivity index (χ4n) is 4.34. The molecule has 4 nitrogen and oxygen atoms in total. The number of rotatable bonds is 5. The number of oxazole rings is 1. The minimum atomic E-state index is -0.626. The molecular formula is C26H22F2N2O2. The summed E-state index contributed by atoms with van der Waals surface area (Å²) in [6.45, 7) is 0.684. The fraction of sp³-hybridized carbons (Fsp3) is 0.231. The molecule has 0 spiro atoms. The Kier molecular flexibility index (Phi) is 5.43. The molecule has 0 unspecified atom stereocenters. The maximum Gasteiger partial charge on any atom is 0.223 e. The van der Waals surface area contributed by atoms with E-state index < -0.39 is 11.6 Å². The Balaban J connectivity index is 1.37. The number of hydrogen-bond acceptors (Lipinski definition) is 3. The first kappa shape index (κ1) is 20.4. The maximum atomic E-state index is 14.2. The van der Waals surface area contributed by atoms with Crippen molar-refractivity contribution in [3.05, 3.63) is 89.8 Å². The number of aryl methyl sites for hydroxylation is 1. The van der Waals surface area contributed by atoms with Crippen molar-refractivity contribution >= 4 is 17.0 Å². The average molecular weight is 432 g/mol. The van der Waals surface area contributed by atoms with E-state index in [1.165, 1.54) is 12.1 Å². The summed E-state index contributed by atoms with van der Waals surface area (Å²) in [5.74, 6) is -0.650. The molecular weight excluding hydrogens is 410 g/mol.